The van der Waals surface area contributed by atoms with E-state index in [1.807, 2.05) is 13.0 Å². The molecule has 0 bridgehead atoms. The third kappa shape index (κ3) is 3.00. The van der Waals surface area contributed by atoms with Crippen molar-refractivity contribution in [2.24, 2.45) is 0 Å². The monoisotopic (exact) mass is 280 g/mol. The molecule has 0 unspecified atom stereocenters. The number of pyridine rings is 1. The van der Waals surface area contributed by atoms with Crippen molar-refractivity contribution in [3.8, 4) is 0 Å². The van der Waals surface area contributed by atoms with Crippen molar-refractivity contribution in [1.82, 2.24) is 4.98 Å². The van der Waals surface area contributed by atoms with Crippen molar-refractivity contribution in [2.45, 2.75) is 6.92 Å². The van der Waals surface area contributed by atoms with Crippen LogP contribution in [0.5, 0.6) is 0 Å². The van der Waals surface area contributed by atoms with Crippen LogP contribution in [-0.4, -0.2) is 10.9 Å². The van der Waals surface area contributed by atoms with Crippen LogP contribution < -0.4 is 5.32 Å². The SMILES string of the molecule is Cc1ccc(NC(=O)c2cccc(Cl)n2)c(Cl)c1. The summed E-state index contributed by atoms with van der Waals surface area (Å²) in [5.41, 5.74) is 1.83. The van der Waals surface area contributed by atoms with Gasteiger partial charge in [0.25, 0.3) is 5.91 Å². The number of carbonyl (C=O) groups is 1. The molecule has 1 amide bonds. The van der Waals surface area contributed by atoms with Gasteiger partial charge in [-0.1, -0.05) is 35.3 Å². The second-order valence-corrected chi connectivity index (χ2v) is 4.58. The lowest BCUT2D eigenvalue weighted by atomic mass is 10.2. The molecule has 0 atom stereocenters. The van der Waals surface area contributed by atoms with Gasteiger partial charge < -0.3 is 5.32 Å². The molecule has 1 aromatic carbocycles. The highest BCUT2D eigenvalue weighted by molar-refractivity contribution is 6.34. The average Bonchev–Trinajstić information content (AvgIpc) is 2.32. The molecule has 0 spiro atoms. The van der Waals surface area contributed by atoms with Gasteiger partial charge in [-0.25, -0.2) is 4.98 Å². The van der Waals surface area contributed by atoms with Crippen molar-refractivity contribution in [3.05, 3.63) is 57.8 Å². The van der Waals surface area contributed by atoms with Crippen LogP contribution in [0.3, 0.4) is 0 Å². The van der Waals surface area contributed by atoms with Gasteiger partial charge in [-0.05, 0) is 36.8 Å². The lowest BCUT2D eigenvalue weighted by Crippen LogP contribution is -2.13. The number of benzene rings is 1. The topological polar surface area (TPSA) is 42.0 Å². The van der Waals surface area contributed by atoms with E-state index in [0.717, 1.165) is 5.56 Å². The second kappa shape index (κ2) is 5.38. The first-order chi connectivity index (χ1) is 8.56. The van der Waals surface area contributed by atoms with Crippen molar-refractivity contribution < 1.29 is 4.79 Å². The second-order valence-electron chi connectivity index (χ2n) is 3.78. The number of aryl methyl sites for hydroxylation is 1. The van der Waals surface area contributed by atoms with E-state index in [0.29, 0.717) is 10.7 Å². The number of aromatic nitrogens is 1. The quantitative estimate of drug-likeness (QED) is 0.847. The highest BCUT2D eigenvalue weighted by Gasteiger charge is 2.10. The fraction of sp³-hybridized carbons (Fsp3) is 0.0769. The van der Waals surface area contributed by atoms with Crippen LogP contribution in [0.25, 0.3) is 0 Å². The minimum absolute atomic E-state index is 0.249. The van der Waals surface area contributed by atoms with Crippen LogP contribution in [0.2, 0.25) is 10.2 Å². The lowest BCUT2D eigenvalue weighted by Gasteiger charge is -2.07. The Morgan fingerprint density at radius 2 is 2.00 bits per heavy atom. The first-order valence-electron chi connectivity index (χ1n) is 5.26. The summed E-state index contributed by atoms with van der Waals surface area (Å²) < 4.78 is 0. The third-order valence-corrected chi connectivity index (χ3v) is 2.84. The molecule has 1 aromatic heterocycles. The number of rotatable bonds is 2. The number of nitrogens with zero attached hydrogens (tertiary/aromatic N) is 1. The van der Waals surface area contributed by atoms with Gasteiger partial charge in [0, 0.05) is 0 Å². The molecule has 2 aromatic rings. The number of amides is 1. The zero-order valence-electron chi connectivity index (χ0n) is 9.58. The Hall–Kier alpha value is -1.58. The molecule has 0 saturated heterocycles. The Balaban J connectivity index is 2.21. The smallest absolute Gasteiger partial charge is 0.274 e. The fourth-order valence-corrected chi connectivity index (χ4v) is 1.89. The molecular formula is C13H10Cl2N2O. The fourth-order valence-electron chi connectivity index (χ4n) is 1.44. The van der Waals surface area contributed by atoms with Gasteiger partial charge in [-0.3, -0.25) is 4.79 Å². The molecule has 18 heavy (non-hydrogen) atoms. The summed E-state index contributed by atoms with van der Waals surface area (Å²) in [4.78, 5) is 15.8. The van der Waals surface area contributed by atoms with Crippen molar-refractivity contribution in [3.63, 3.8) is 0 Å². The van der Waals surface area contributed by atoms with Gasteiger partial charge in [0.05, 0.1) is 10.7 Å². The van der Waals surface area contributed by atoms with E-state index in [4.69, 9.17) is 23.2 Å². The van der Waals surface area contributed by atoms with Crippen LogP contribution >= 0.6 is 23.2 Å². The molecule has 1 heterocycles. The van der Waals surface area contributed by atoms with E-state index in [-0.39, 0.29) is 16.8 Å². The number of hydrogen-bond donors (Lipinski definition) is 1. The molecule has 0 aliphatic heterocycles. The highest BCUT2D eigenvalue weighted by Crippen LogP contribution is 2.23. The van der Waals surface area contributed by atoms with E-state index in [1.54, 1.807) is 30.3 Å². The van der Waals surface area contributed by atoms with Crippen LogP contribution in [0.15, 0.2) is 36.4 Å². The van der Waals surface area contributed by atoms with Crippen LogP contribution in [0.4, 0.5) is 5.69 Å². The zero-order chi connectivity index (χ0) is 13.1. The molecule has 0 aliphatic rings. The maximum absolute atomic E-state index is 11.9. The third-order valence-electron chi connectivity index (χ3n) is 2.32. The molecule has 0 fully saturated rings. The number of anilines is 1. The standard InChI is InChI=1S/C13H10Cl2N2O/c1-8-5-6-10(9(14)7-8)17-13(18)11-3-2-4-12(15)16-11/h2-7H,1H3,(H,17,18). The van der Waals surface area contributed by atoms with Gasteiger partial charge in [-0.2, -0.15) is 0 Å². The molecule has 0 aliphatic carbocycles. The molecule has 5 heteroatoms. The highest BCUT2D eigenvalue weighted by atomic mass is 35.5. The summed E-state index contributed by atoms with van der Waals surface area (Å²) in [6.07, 6.45) is 0. The number of hydrogen-bond acceptors (Lipinski definition) is 2. The Bertz CT molecular complexity index is 599. The van der Waals surface area contributed by atoms with Gasteiger partial charge >= 0.3 is 0 Å². The molecule has 1 N–H and O–H groups in total. The lowest BCUT2D eigenvalue weighted by molar-refractivity contribution is 0.102. The zero-order valence-corrected chi connectivity index (χ0v) is 11.1. The molecule has 0 saturated carbocycles. The maximum Gasteiger partial charge on any atom is 0.274 e. The van der Waals surface area contributed by atoms with Crippen molar-refractivity contribution in [1.29, 1.82) is 0 Å². The minimum atomic E-state index is -0.344. The number of nitrogens with one attached hydrogen (secondary N) is 1. The van der Waals surface area contributed by atoms with E-state index >= 15 is 0 Å². The number of carbonyl (C=O) groups excluding carboxylic acids is 1. The average molecular weight is 281 g/mol. The van der Waals surface area contributed by atoms with E-state index in [2.05, 4.69) is 10.3 Å². The van der Waals surface area contributed by atoms with Gasteiger partial charge in [0.15, 0.2) is 0 Å². The predicted molar refractivity (Wildman–Crippen MR) is 73.4 cm³/mol. The molecule has 3 nitrogen and oxygen atoms in total. The largest absolute Gasteiger partial charge is 0.319 e. The van der Waals surface area contributed by atoms with Gasteiger partial charge in [-0.15, -0.1) is 0 Å². The van der Waals surface area contributed by atoms with Crippen LogP contribution in [0, 0.1) is 6.92 Å². The molecule has 0 radical (unpaired) electrons. The first kappa shape index (κ1) is 12.9. The summed E-state index contributed by atoms with van der Waals surface area (Å²) in [5.74, 6) is -0.344. The van der Waals surface area contributed by atoms with Crippen molar-refractivity contribution >= 4 is 34.8 Å². The Morgan fingerprint density at radius 3 is 2.67 bits per heavy atom. The Morgan fingerprint density at radius 1 is 1.22 bits per heavy atom. The van der Waals surface area contributed by atoms with Gasteiger partial charge in [0.1, 0.15) is 10.8 Å². The predicted octanol–water partition coefficient (Wildman–Crippen LogP) is 3.95. The number of halogens is 2. The molecular weight excluding hydrogens is 271 g/mol. The van der Waals surface area contributed by atoms with E-state index in [9.17, 15) is 4.79 Å². The summed E-state index contributed by atoms with van der Waals surface area (Å²) in [7, 11) is 0. The van der Waals surface area contributed by atoms with E-state index < -0.39 is 0 Å². The van der Waals surface area contributed by atoms with Gasteiger partial charge in [0.2, 0.25) is 0 Å². The summed E-state index contributed by atoms with van der Waals surface area (Å²) >= 11 is 11.8. The van der Waals surface area contributed by atoms with E-state index in [1.165, 1.54) is 0 Å². The van der Waals surface area contributed by atoms with Crippen molar-refractivity contribution in [2.75, 3.05) is 5.32 Å². The maximum atomic E-state index is 11.9. The summed E-state index contributed by atoms with van der Waals surface area (Å²) in [6.45, 7) is 1.93. The van der Waals surface area contributed by atoms with Crippen LogP contribution in [-0.2, 0) is 0 Å². The Kier molecular flexibility index (Phi) is 3.84. The summed E-state index contributed by atoms with van der Waals surface area (Å²) in [6, 6.07) is 10.3. The normalized spacial score (nSPS) is 10.2. The summed E-state index contributed by atoms with van der Waals surface area (Å²) in [5, 5.41) is 3.46. The minimum Gasteiger partial charge on any atom is -0.319 e. The van der Waals surface area contributed by atoms with Crippen LogP contribution in [0.1, 0.15) is 16.1 Å². The molecule has 92 valence electrons. The molecule has 2 rings (SSSR count). The Labute approximate surface area is 115 Å². The first-order valence-corrected chi connectivity index (χ1v) is 6.02.